The van der Waals surface area contributed by atoms with E-state index in [0.29, 0.717) is 6.61 Å². The summed E-state index contributed by atoms with van der Waals surface area (Å²) in [5, 5.41) is 0. The molecule has 5 heteroatoms. The van der Waals surface area contributed by atoms with Crippen LogP contribution in [0, 0.1) is 20.0 Å². The molecule has 0 saturated carbocycles. The van der Waals surface area contributed by atoms with Crippen molar-refractivity contribution in [2.24, 2.45) is 0 Å². The third-order valence-electron chi connectivity index (χ3n) is 1.31. The Morgan fingerprint density at radius 1 is 1.31 bits per heavy atom. The van der Waals surface area contributed by atoms with Gasteiger partial charge in [0, 0.05) is 5.57 Å². The molecular weight excluding hydrogens is 212 g/mol. The van der Waals surface area contributed by atoms with E-state index in [9.17, 15) is 4.79 Å². The Bertz CT molecular complexity index is 279. The summed E-state index contributed by atoms with van der Waals surface area (Å²) in [5.41, 5.74) is 0.752. The molecule has 16 heavy (non-hydrogen) atoms. The first kappa shape index (κ1) is 19.7. The molecule has 0 heterocycles. The van der Waals surface area contributed by atoms with Gasteiger partial charge in [-0.2, -0.15) is 0 Å². The monoisotopic (exact) mass is 222 g/mol. The topological polar surface area (TPSA) is 86.0 Å². The fraction of sp³-hybridized carbons (Fsp3) is 0.273. The maximum atomic E-state index is 10.9. The molecule has 0 saturated heterocycles. The standard InChI is InChI=1S/C8H10O2.3CO/c1-2-10-8(9)7-5-3-4-6-7;3*1-2/h3-5H,2,6H2,1H3;;;. The Kier molecular flexibility index (Phi) is 23.2. The third-order valence-corrected chi connectivity index (χ3v) is 1.31. The van der Waals surface area contributed by atoms with Crippen LogP contribution in [0.1, 0.15) is 13.3 Å². The normalized spacial score (nSPS) is 9.81. The van der Waals surface area contributed by atoms with Gasteiger partial charge in [0.2, 0.25) is 0 Å². The predicted octanol–water partition coefficient (Wildman–Crippen LogP) is 1.32. The van der Waals surface area contributed by atoms with Crippen molar-refractivity contribution in [3.05, 3.63) is 43.8 Å². The second kappa shape index (κ2) is 18.9. The molecule has 5 nitrogen and oxygen atoms in total. The van der Waals surface area contributed by atoms with Crippen molar-refractivity contribution in [3.8, 4) is 0 Å². The fourth-order valence-electron chi connectivity index (χ4n) is 0.822. The van der Waals surface area contributed by atoms with Crippen LogP contribution < -0.4 is 0 Å². The van der Waals surface area contributed by atoms with Crippen molar-refractivity contribution in [1.29, 1.82) is 0 Å². The Labute approximate surface area is 93.9 Å². The summed E-state index contributed by atoms with van der Waals surface area (Å²) in [7, 11) is 0. The van der Waals surface area contributed by atoms with Crippen molar-refractivity contribution in [1.82, 2.24) is 0 Å². The molecule has 0 aromatic carbocycles. The quantitative estimate of drug-likeness (QED) is 0.401. The van der Waals surface area contributed by atoms with Gasteiger partial charge in [-0.3, -0.25) is 0 Å². The van der Waals surface area contributed by atoms with Gasteiger partial charge in [0.15, 0.2) is 0 Å². The number of ether oxygens (including phenoxy) is 1. The molecule has 0 spiro atoms. The molecule has 0 atom stereocenters. The van der Waals surface area contributed by atoms with Crippen molar-refractivity contribution < 1.29 is 23.5 Å². The van der Waals surface area contributed by atoms with Crippen LogP contribution in [0.25, 0.3) is 0 Å². The average Bonchev–Trinajstić information content (AvgIpc) is 2.91. The molecule has 0 aromatic rings. The molecule has 0 aliphatic heterocycles. The third kappa shape index (κ3) is 10.3. The molecule has 1 aliphatic carbocycles. The molecule has 0 fully saturated rings. The van der Waals surface area contributed by atoms with Crippen molar-refractivity contribution in [2.75, 3.05) is 6.61 Å². The number of hydrogen-bond donors (Lipinski definition) is 0. The Hall–Kier alpha value is -1.83. The van der Waals surface area contributed by atoms with Crippen LogP contribution >= 0.6 is 0 Å². The molecular formula is C11H10O5. The zero-order valence-corrected chi connectivity index (χ0v) is 8.69. The summed E-state index contributed by atoms with van der Waals surface area (Å²) in [6.07, 6.45) is 6.31. The van der Waals surface area contributed by atoms with E-state index < -0.39 is 0 Å². The first-order chi connectivity index (χ1) is 7.84. The van der Waals surface area contributed by atoms with Gasteiger partial charge in [0.1, 0.15) is 0 Å². The molecule has 1 aliphatic rings. The summed E-state index contributed by atoms with van der Waals surface area (Å²) >= 11 is 0. The van der Waals surface area contributed by atoms with Gasteiger partial charge >= 0.3 is 39.9 Å². The maximum absolute atomic E-state index is 10.9. The molecule has 1 rings (SSSR count). The SMILES string of the molecule is CCOC(=O)C1=CC=CC1.[C-]#[O+].[C-]#[O+].[C-]#[O+]. The molecule has 0 unspecified atom stereocenters. The van der Waals surface area contributed by atoms with Gasteiger partial charge in [-0.1, -0.05) is 18.2 Å². The summed E-state index contributed by atoms with van der Waals surface area (Å²) in [6, 6.07) is 0. The molecule has 0 radical (unpaired) electrons. The van der Waals surface area contributed by atoms with Gasteiger partial charge < -0.3 is 4.74 Å². The van der Waals surface area contributed by atoms with Crippen LogP contribution in [0.15, 0.2) is 23.8 Å². The number of carbonyl (C=O) groups excluding carboxylic acids is 1. The first-order valence-electron chi connectivity index (χ1n) is 3.98. The summed E-state index contributed by atoms with van der Waals surface area (Å²) in [4.78, 5) is 10.9. The van der Waals surface area contributed by atoms with E-state index in [0.717, 1.165) is 12.0 Å². The van der Waals surface area contributed by atoms with Crippen LogP contribution in [0.2, 0.25) is 0 Å². The van der Waals surface area contributed by atoms with Crippen LogP contribution in [0.5, 0.6) is 0 Å². The fourth-order valence-corrected chi connectivity index (χ4v) is 0.822. The second-order valence-electron chi connectivity index (χ2n) is 2.04. The van der Waals surface area contributed by atoms with E-state index in [1.807, 2.05) is 12.2 Å². The molecule has 0 bridgehead atoms. The average molecular weight is 222 g/mol. The summed E-state index contributed by atoms with van der Waals surface area (Å²) in [6.45, 7) is 15.8. The van der Waals surface area contributed by atoms with Gasteiger partial charge in [-0.05, 0) is 13.3 Å². The van der Waals surface area contributed by atoms with Crippen LogP contribution in [-0.4, -0.2) is 12.6 Å². The first-order valence-corrected chi connectivity index (χ1v) is 3.98. The van der Waals surface area contributed by atoms with E-state index in [1.54, 1.807) is 13.0 Å². The van der Waals surface area contributed by atoms with Crippen LogP contribution in [0.3, 0.4) is 0 Å². The summed E-state index contributed by atoms with van der Waals surface area (Å²) < 4.78 is 27.3. The minimum absolute atomic E-state index is 0.187. The van der Waals surface area contributed by atoms with Gasteiger partial charge in [-0.25, -0.2) is 4.79 Å². The van der Waals surface area contributed by atoms with Crippen molar-refractivity contribution in [3.63, 3.8) is 0 Å². The molecule has 84 valence electrons. The van der Waals surface area contributed by atoms with Crippen molar-refractivity contribution >= 4 is 5.97 Å². The predicted molar refractivity (Wildman–Crippen MR) is 50.3 cm³/mol. The van der Waals surface area contributed by atoms with E-state index >= 15 is 0 Å². The molecule has 0 aromatic heterocycles. The van der Waals surface area contributed by atoms with Gasteiger partial charge in [0.05, 0.1) is 6.61 Å². The Balaban J connectivity index is -0.000000245. The zero-order chi connectivity index (χ0) is 13.4. The minimum atomic E-state index is -0.187. The van der Waals surface area contributed by atoms with E-state index in [-0.39, 0.29) is 5.97 Å². The number of allylic oxidation sites excluding steroid dienone is 3. The zero-order valence-electron chi connectivity index (χ0n) is 8.69. The van der Waals surface area contributed by atoms with Gasteiger partial charge in [0.25, 0.3) is 0 Å². The molecule has 0 N–H and O–H groups in total. The number of hydrogen-bond acceptors (Lipinski definition) is 2. The Morgan fingerprint density at radius 3 is 2.12 bits per heavy atom. The molecule has 0 amide bonds. The van der Waals surface area contributed by atoms with E-state index in [4.69, 9.17) is 18.7 Å². The number of carbonyl (C=O) groups is 1. The number of esters is 1. The van der Waals surface area contributed by atoms with Gasteiger partial charge in [-0.15, -0.1) is 0 Å². The summed E-state index contributed by atoms with van der Waals surface area (Å²) in [5.74, 6) is -0.187. The van der Waals surface area contributed by atoms with E-state index in [1.165, 1.54) is 0 Å². The second-order valence-corrected chi connectivity index (χ2v) is 2.04. The number of rotatable bonds is 2. The van der Waals surface area contributed by atoms with Crippen LogP contribution in [0.4, 0.5) is 0 Å². The van der Waals surface area contributed by atoms with E-state index in [2.05, 4.69) is 20.0 Å². The van der Waals surface area contributed by atoms with Crippen molar-refractivity contribution in [2.45, 2.75) is 13.3 Å². The van der Waals surface area contributed by atoms with Crippen LogP contribution in [-0.2, 0) is 23.5 Å². The Morgan fingerprint density at radius 2 is 1.81 bits per heavy atom.